The molecule has 9 N–H and O–H groups in total. The summed E-state index contributed by atoms with van der Waals surface area (Å²) in [6, 6.07) is -0.602. The summed E-state index contributed by atoms with van der Waals surface area (Å²) in [5.41, 5.74) is 11.8. The normalized spacial score (nSPS) is 26.3. The number of nitrogens with two attached hydrogens (primary N) is 2. The predicted octanol–water partition coefficient (Wildman–Crippen LogP) is -1.04. The van der Waals surface area contributed by atoms with Gasteiger partial charge in [0.25, 0.3) is 0 Å². The van der Waals surface area contributed by atoms with Crippen molar-refractivity contribution in [3.63, 3.8) is 0 Å². The molecule has 0 aromatic rings. The molecule has 2 aliphatic rings. The number of hydrogen-bond donors (Lipinski definition) is 7. The van der Waals surface area contributed by atoms with Crippen LogP contribution in [0.25, 0.3) is 0 Å². The highest BCUT2D eigenvalue weighted by Crippen LogP contribution is 2.42. The van der Waals surface area contributed by atoms with E-state index in [9.17, 15) is 19.3 Å². The van der Waals surface area contributed by atoms with Crippen molar-refractivity contribution in [1.82, 2.24) is 15.5 Å². The first-order valence-corrected chi connectivity index (χ1v) is 11.9. The number of amides is 3. The smallest absolute Gasteiger partial charge is 0.394 e. The number of carbonyl (C=O) groups excluding carboxylic acids is 2. The van der Waals surface area contributed by atoms with Crippen LogP contribution < -0.4 is 22.1 Å². The second-order valence-electron chi connectivity index (χ2n) is 7.47. The number of unbranched alkanes of at least 4 members (excludes halogenated alkanes) is 3. The van der Waals surface area contributed by atoms with Crippen LogP contribution in [0.5, 0.6) is 0 Å². The molecule has 2 rings (SSSR count). The number of carbonyl (C=O) groups is 2. The molecular weight excluding hydrogens is 445 g/mol. The highest BCUT2D eigenvalue weighted by atomic mass is 31.2. The van der Waals surface area contributed by atoms with Crippen molar-refractivity contribution in [1.29, 1.82) is 0 Å². The first-order valence-electron chi connectivity index (χ1n) is 10.4. The van der Waals surface area contributed by atoms with Crippen LogP contribution in [0.1, 0.15) is 32.1 Å². The zero-order valence-corrected chi connectivity index (χ0v) is 18.5. The van der Waals surface area contributed by atoms with Crippen LogP contribution >= 0.6 is 7.82 Å². The van der Waals surface area contributed by atoms with Gasteiger partial charge in [0, 0.05) is 30.8 Å². The Morgan fingerprint density at radius 3 is 2.75 bits per heavy atom. The molecule has 1 unspecified atom stereocenters. The second-order valence-corrected chi connectivity index (χ2v) is 8.66. The third kappa shape index (κ3) is 8.26. The first kappa shape index (κ1) is 26.4. The molecule has 1 saturated heterocycles. The molecule has 0 radical (unpaired) electrons. The van der Waals surface area contributed by atoms with E-state index < -0.39 is 45.1 Å². The van der Waals surface area contributed by atoms with Gasteiger partial charge in [-0.05, 0) is 25.5 Å². The van der Waals surface area contributed by atoms with Crippen molar-refractivity contribution in [2.45, 2.75) is 56.7 Å². The number of nitrogens with zero attached hydrogens (tertiary/aromatic N) is 1. The van der Waals surface area contributed by atoms with Gasteiger partial charge in [0.2, 0.25) is 5.91 Å². The zero-order valence-electron chi connectivity index (χ0n) is 17.6. The van der Waals surface area contributed by atoms with Gasteiger partial charge in [-0.3, -0.25) is 14.2 Å². The zero-order chi connectivity index (χ0) is 23.7. The fourth-order valence-corrected chi connectivity index (χ4v) is 3.91. The number of aliphatic hydroxyl groups excluding tert-OH is 1. The van der Waals surface area contributed by atoms with Crippen LogP contribution in [0, 0.1) is 0 Å². The number of nitrogens with one attached hydrogen (secondary N) is 2. The van der Waals surface area contributed by atoms with Gasteiger partial charge >= 0.3 is 13.9 Å². The maximum atomic E-state index is 12.4. The van der Waals surface area contributed by atoms with Crippen LogP contribution in [-0.2, 0) is 18.6 Å². The highest BCUT2D eigenvalue weighted by molar-refractivity contribution is 7.46. The molecule has 0 aliphatic carbocycles. The number of aliphatic hydroxyl groups is 1. The Hall–Kier alpha value is -1.83. The molecule has 0 bridgehead atoms. The third-order valence-corrected chi connectivity index (χ3v) is 5.51. The summed E-state index contributed by atoms with van der Waals surface area (Å²) in [4.78, 5) is 43.6. The summed E-state index contributed by atoms with van der Waals surface area (Å²) in [5, 5.41) is 14.7. The number of phosphoric ester groups is 1. The largest absolute Gasteiger partial charge is 0.469 e. The molecular formula is C18H32N5O8P. The van der Waals surface area contributed by atoms with E-state index in [2.05, 4.69) is 15.2 Å². The van der Waals surface area contributed by atoms with Crippen LogP contribution in [-0.4, -0.2) is 76.0 Å². The fourth-order valence-electron chi connectivity index (χ4n) is 3.34. The van der Waals surface area contributed by atoms with Crippen LogP contribution in [0.4, 0.5) is 4.79 Å². The molecule has 0 aromatic heterocycles. The number of rotatable bonds is 12. The summed E-state index contributed by atoms with van der Waals surface area (Å²) in [7, 11) is -4.82. The van der Waals surface area contributed by atoms with Gasteiger partial charge < -0.3 is 41.7 Å². The van der Waals surface area contributed by atoms with Crippen molar-refractivity contribution in [2.75, 3.05) is 19.7 Å². The van der Waals surface area contributed by atoms with Crippen LogP contribution in [0.2, 0.25) is 0 Å². The van der Waals surface area contributed by atoms with Crippen molar-refractivity contribution in [2.24, 2.45) is 11.5 Å². The van der Waals surface area contributed by atoms with E-state index in [0.717, 1.165) is 30.6 Å². The number of urea groups is 1. The van der Waals surface area contributed by atoms with E-state index in [1.165, 1.54) is 18.4 Å². The second kappa shape index (κ2) is 12.4. The Bertz CT molecular complexity index is 758. The number of phosphoric acid groups is 1. The maximum absolute atomic E-state index is 12.4. The Kier molecular flexibility index (Phi) is 10.3. The SMILES string of the molecule is NCCCCCCNC(=O)/C=C/C1=CN([C@H]2C[C@@H](OP(=O)(O)O)[C@@H](CO)O2)C(=O)NC1N. The molecule has 2 heterocycles. The molecule has 0 aromatic carbocycles. The summed E-state index contributed by atoms with van der Waals surface area (Å²) in [6.45, 7) is 0.627. The van der Waals surface area contributed by atoms with Gasteiger partial charge in [0.05, 0.1) is 6.61 Å². The van der Waals surface area contributed by atoms with Crippen molar-refractivity contribution in [3.05, 3.63) is 23.9 Å². The Morgan fingerprint density at radius 2 is 2.09 bits per heavy atom. The topological polar surface area (TPSA) is 210 Å². The minimum absolute atomic E-state index is 0.0862. The van der Waals surface area contributed by atoms with Gasteiger partial charge in [0.15, 0.2) is 0 Å². The van der Waals surface area contributed by atoms with Crippen molar-refractivity contribution >= 4 is 19.8 Å². The van der Waals surface area contributed by atoms with Crippen LogP contribution in [0.15, 0.2) is 23.9 Å². The lowest BCUT2D eigenvalue weighted by atomic mass is 10.1. The lowest BCUT2D eigenvalue weighted by molar-refractivity contribution is -0.116. The Morgan fingerprint density at radius 1 is 1.38 bits per heavy atom. The average Bonchev–Trinajstić information content (AvgIpc) is 3.10. The summed E-state index contributed by atoms with van der Waals surface area (Å²) < 4.78 is 21.3. The first-order chi connectivity index (χ1) is 15.1. The van der Waals surface area contributed by atoms with E-state index in [0.29, 0.717) is 18.7 Å². The summed E-state index contributed by atoms with van der Waals surface area (Å²) in [6.07, 6.45) is 3.88. The maximum Gasteiger partial charge on any atom is 0.469 e. The van der Waals surface area contributed by atoms with Gasteiger partial charge in [-0.25, -0.2) is 9.36 Å². The Balaban J connectivity index is 1.97. The minimum atomic E-state index is -4.82. The lowest BCUT2D eigenvalue weighted by Gasteiger charge is -2.32. The van der Waals surface area contributed by atoms with E-state index in [-0.39, 0.29) is 12.3 Å². The van der Waals surface area contributed by atoms with Gasteiger partial charge in [-0.15, -0.1) is 0 Å². The lowest BCUT2D eigenvalue weighted by Crippen LogP contribution is -2.54. The average molecular weight is 477 g/mol. The molecule has 182 valence electrons. The van der Waals surface area contributed by atoms with E-state index in [1.807, 2.05) is 0 Å². The molecule has 0 saturated carbocycles. The van der Waals surface area contributed by atoms with E-state index >= 15 is 0 Å². The molecule has 13 nitrogen and oxygen atoms in total. The fraction of sp³-hybridized carbons (Fsp3) is 0.667. The number of hydrogen-bond acceptors (Lipinski definition) is 8. The monoisotopic (exact) mass is 477 g/mol. The van der Waals surface area contributed by atoms with Gasteiger partial charge in [-0.2, -0.15) is 0 Å². The predicted molar refractivity (Wildman–Crippen MR) is 113 cm³/mol. The Labute approximate surface area is 186 Å². The molecule has 1 fully saturated rings. The molecule has 14 heteroatoms. The number of ether oxygens (including phenoxy) is 1. The van der Waals surface area contributed by atoms with E-state index in [1.54, 1.807) is 0 Å². The molecule has 2 aliphatic heterocycles. The van der Waals surface area contributed by atoms with Crippen molar-refractivity contribution < 1.29 is 38.3 Å². The third-order valence-electron chi connectivity index (χ3n) is 4.96. The van der Waals surface area contributed by atoms with Gasteiger partial charge in [0.1, 0.15) is 24.6 Å². The summed E-state index contributed by atoms with van der Waals surface area (Å²) >= 11 is 0. The highest BCUT2D eigenvalue weighted by Gasteiger charge is 2.43. The minimum Gasteiger partial charge on any atom is -0.394 e. The van der Waals surface area contributed by atoms with Gasteiger partial charge in [-0.1, -0.05) is 12.8 Å². The molecule has 3 amide bonds. The summed E-state index contributed by atoms with van der Waals surface area (Å²) in [5.74, 6) is -0.312. The van der Waals surface area contributed by atoms with E-state index in [4.69, 9.17) is 26.0 Å². The molecule has 32 heavy (non-hydrogen) atoms. The van der Waals surface area contributed by atoms with Crippen molar-refractivity contribution in [3.8, 4) is 0 Å². The van der Waals surface area contributed by atoms with Crippen LogP contribution in [0.3, 0.4) is 0 Å². The standard InChI is InChI=1S/C18H32N5O8P/c19-7-3-1-2-4-8-21-15(25)6-5-12-10-23(18(26)22-17(12)20)16-9-13(14(11-24)30-16)31-32(27,28)29/h5-6,10,13-14,16-17,24H,1-4,7-9,11,19-20H2,(H,21,25)(H,22,26)(H2,27,28,29)/b6-5+/t13-,14-,16-,17?/m1/s1. The molecule has 0 spiro atoms. The quantitative estimate of drug-likeness (QED) is 0.103. The molecule has 4 atom stereocenters.